The van der Waals surface area contributed by atoms with Gasteiger partial charge in [0.15, 0.2) is 0 Å². The van der Waals surface area contributed by atoms with Crippen LogP contribution in [0.2, 0.25) is 13.6 Å². The van der Waals surface area contributed by atoms with Crippen LogP contribution < -0.4 is 0 Å². The molecule has 11 heavy (non-hydrogen) atoms. The molecule has 0 aliphatic carbocycles. The first-order valence-electron chi connectivity index (χ1n) is 3.62. The smallest absolute Gasteiger partial charge is 0.233 e. The zero-order valence-electron chi connectivity index (χ0n) is 8.38. The third kappa shape index (κ3) is 9.49. The maximum atomic E-state index is 10.5. The van der Waals surface area contributed by atoms with E-state index in [-0.39, 0.29) is 5.91 Å². The number of hydrazine groups is 1. The Hall–Kier alpha value is -0.505. The van der Waals surface area contributed by atoms with Gasteiger partial charge in [0.1, 0.15) is 7.28 Å². The molecule has 0 fully saturated rings. The van der Waals surface area contributed by atoms with Crippen molar-refractivity contribution in [2.45, 2.75) is 20.6 Å². The second-order valence-corrected chi connectivity index (χ2v) is 2.47. The van der Waals surface area contributed by atoms with Crippen LogP contribution >= 0.6 is 0 Å². The Morgan fingerprint density at radius 2 is 1.45 bits per heavy atom. The molecule has 65 valence electrons. The van der Waals surface area contributed by atoms with E-state index in [0.29, 0.717) is 0 Å². The lowest BCUT2D eigenvalue weighted by Crippen LogP contribution is -2.36. The average Bonchev–Trinajstić information content (AvgIpc) is 1.87. The molecule has 1 radical (unpaired) electrons. The number of nitrogens with zero attached hydrogens (tertiary/aromatic N) is 2. The fourth-order valence-corrected chi connectivity index (χ4v) is 0.282. The van der Waals surface area contributed by atoms with Gasteiger partial charge in [-0.2, -0.15) is 0 Å². The lowest BCUT2D eigenvalue weighted by molar-refractivity contribution is -0.139. The van der Waals surface area contributed by atoms with Gasteiger partial charge in [-0.25, -0.2) is 5.01 Å². The average molecular weight is 157 g/mol. The Kier molecular flexibility index (Phi) is 9.06. The minimum Gasteiger partial charge on any atom is -0.279 e. The topological polar surface area (TPSA) is 23.6 Å². The monoisotopic (exact) mass is 157 g/mol. The minimum atomic E-state index is 0.0509. The molecule has 0 aromatic carbocycles. The summed E-state index contributed by atoms with van der Waals surface area (Å²) in [7, 11) is 7.37. The highest BCUT2D eigenvalue weighted by molar-refractivity contribution is 6.31. The summed E-state index contributed by atoms with van der Waals surface area (Å²) in [6.07, 6.45) is 0. The largest absolute Gasteiger partial charge is 0.279 e. The van der Waals surface area contributed by atoms with Crippen LogP contribution in [0, 0.1) is 0 Å². The molecule has 0 atom stereocenters. The Balaban J connectivity index is 0. The number of carbonyl (C=O) groups is 1. The SMILES string of the molecule is CC(=O)N(C)N(C)C.C[B]C. The van der Waals surface area contributed by atoms with Crippen molar-refractivity contribution in [1.82, 2.24) is 10.0 Å². The van der Waals surface area contributed by atoms with Crippen LogP contribution in [0.3, 0.4) is 0 Å². The predicted molar refractivity (Wildman–Crippen MR) is 49.6 cm³/mol. The van der Waals surface area contributed by atoms with Gasteiger partial charge >= 0.3 is 0 Å². The van der Waals surface area contributed by atoms with E-state index in [4.69, 9.17) is 0 Å². The molecule has 0 aliphatic rings. The van der Waals surface area contributed by atoms with Crippen LogP contribution in [0.5, 0.6) is 0 Å². The van der Waals surface area contributed by atoms with Gasteiger partial charge in [-0.3, -0.25) is 9.80 Å². The second-order valence-electron chi connectivity index (χ2n) is 2.47. The van der Waals surface area contributed by atoms with Crippen molar-refractivity contribution in [3.05, 3.63) is 0 Å². The summed E-state index contributed by atoms with van der Waals surface area (Å²) in [6, 6.07) is 0. The maximum absolute atomic E-state index is 10.5. The van der Waals surface area contributed by atoms with Gasteiger partial charge in [0, 0.05) is 28.1 Å². The number of hydrogen-bond donors (Lipinski definition) is 0. The number of carbonyl (C=O) groups excluding carboxylic acids is 1. The highest BCUT2D eigenvalue weighted by Gasteiger charge is 2.01. The van der Waals surface area contributed by atoms with Gasteiger partial charge in [0.05, 0.1) is 0 Å². The van der Waals surface area contributed by atoms with Crippen molar-refractivity contribution in [3.63, 3.8) is 0 Å². The van der Waals surface area contributed by atoms with Crippen LogP contribution in [-0.4, -0.2) is 44.3 Å². The zero-order chi connectivity index (χ0) is 9.44. The molecule has 0 spiro atoms. The van der Waals surface area contributed by atoms with Gasteiger partial charge in [-0.15, -0.1) is 0 Å². The van der Waals surface area contributed by atoms with E-state index in [1.807, 2.05) is 35.0 Å². The molecule has 3 nitrogen and oxygen atoms in total. The summed E-state index contributed by atoms with van der Waals surface area (Å²) in [5, 5.41) is 3.25. The van der Waals surface area contributed by atoms with E-state index in [9.17, 15) is 4.79 Å². The van der Waals surface area contributed by atoms with Crippen molar-refractivity contribution >= 4 is 13.2 Å². The van der Waals surface area contributed by atoms with Crippen molar-refractivity contribution in [1.29, 1.82) is 0 Å². The first-order valence-corrected chi connectivity index (χ1v) is 3.62. The lowest BCUT2D eigenvalue weighted by Gasteiger charge is -2.21. The second kappa shape index (κ2) is 7.60. The van der Waals surface area contributed by atoms with Crippen molar-refractivity contribution in [2.75, 3.05) is 21.1 Å². The van der Waals surface area contributed by atoms with Gasteiger partial charge < -0.3 is 0 Å². The van der Waals surface area contributed by atoms with E-state index >= 15 is 0 Å². The molecular weight excluding hydrogens is 139 g/mol. The Labute approximate surface area is 70.6 Å². The summed E-state index contributed by atoms with van der Waals surface area (Å²) in [4.78, 5) is 10.5. The molecule has 1 amide bonds. The number of rotatable bonds is 1. The van der Waals surface area contributed by atoms with Gasteiger partial charge in [0.25, 0.3) is 0 Å². The summed E-state index contributed by atoms with van der Waals surface area (Å²) in [5.74, 6) is 0.0509. The third-order valence-corrected chi connectivity index (χ3v) is 1.06. The van der Waals surface area contributed by atoms with Crippen LogP contribution in [0.4, 0.5) is 0 Å². The molecule has 0 bridgehead atoms. The Morgan fingerprint density at radius 3 is 1.45 bits per heavy atom. The fourth-order valence-electron chi connectivity index (χ4n) is 0.282. The first kappa shape index (κ1) is 13.1. The van der Waals surface area contributed by atoms with Gasteiger partial charge in [-0.1, -0.05) is 13.6 Å². The van der Waals surface area contributed by atoms with Crippen LogP contribution in [0.1, 0.15) is 6.92 Å². The summed E-state index contributed by atoms with van der Waals surface area (Å²) in [6.45, 7) is 5.53. The van der Waals surface area contributed by atoms with E-state index in [2.05, 4.69) is 0 Å². The highest BCUT2D eigenvalue weighted by atomic mass is 16.2. The molecule has 0 unspecified atom stereocenters. The molecule has 0 saturated heterocycles. The molecular formula is C7H18BN2O. The summed E-state index contributed by atoms with van der Waals surface area (Å²) < 4.78 is 0. The molecule has 0 aromatic heterocycles. The number of amides is 1. The number of hydrogen-bond acceptors (Lipinski definition) is 2. The standard InChI is InChI=1S/C5H12N2O.C2H6B/c1-5(8)7(4)6(2)3;1-3-2/h1-4H3;1-2H3. The molecule has 0 aliphatic heterocycles. The van der Waals surface area contributed by atoms with Crippen LogP contribution in [0.15, 0.2) is 0 Å². The molecule has 0 rings (SSSR count). The predicted octanol–water partition coefficient (Wildman–Crippen LogP) is 0.728. The third-order valence-electron chi connectivity index (χ3n) is 1.06. The molecule has 0 aromatic rings. The molecule has 4 heteroatoms. The zero-order valence-corrected chi connectivity index (χ0v) is 8.38. The maximum Gasteiger partial charge on any atom is 0.233 e. The van der Waals surface area contributed by atoms with Gasteiger partial charge in [0.2, 0.25) is 5.91 Å². The lowest BCUT2D eigenvalue weighted by atomic mass is 9.88. The Morgan fingerprint density at radius 1 is 1.18 bits per heavy atom. The highest BCUT2D eigenvalue weighted by Crippen LogP contribution is 1.83. The van der Waals surface area contributed by atoms with Crippen LogP contribution in [0.25, 0.3) is 0 Å². The summed E-state index contributed by atoms with van der Waals surface area (Å²) >= 11 is 0. The molecule has 0 saturated carbocycles. The summed E-state index contributed by atoms with van der Waals surface area (Å²) in [5.41, 5.74) is 0. The minimum absolute atomic E-state index is 0.0509. The van der Waals surface area contributed by atoms with E-state index in [1.54, 1.807) is 12.1 Å². The van der Waals surface area contributed by atoms with E-state index in [0.717, 1.165) is 0 Å². The van der Waals surface area contributed by atoms with Crippen molar-refractivity contribution < 1.29 is 4.79 Å². The normalized spacial score (nSPS) is 8.27. The van der Waals surface area contributed by atoms with E-state index < -0.39 is 0 Å². The van der Waals surface area contributed by atoms with Gasteiger partial charge in [-0.05, 0) is 0 Å². The fraction of sp³-hybridized carbons (Fsp3) is 0.857. The molecule has 0 heterocycles. The van der Waals surface area contributed by atoms with Crippen LogP contribution in [-0.2, 0) is 4.79 Å². The molecule has 0 N–H and O–H groups in total. The quantitative estimate of drug-likeness (QED) is 0.413. The first-order chi connectivity index (χ1) is 4.97. The van der Waals surface area contributed by atoms with Crippen molar-refractivity contribution in [3.8, 4) is 0 Å². The van der Waals surface area contributed by atoms with E-state index in [1.165, 1.54) is 11.9 Å². The Bertz CT molecular complexity index is 107. The van der Waals surface area contributed by atoms with Crippen molar-refractivity contribution in [2.24, 2.45) is 0 Å².